The molecule has 0 fully saturated rings. The van der Waals surface area contributed by atoms with E-state index in [9.17, 15) is 30.9 Å². The predicted octanol–water partition coefficient (Wildman–Crippen LogP) is -5.81. The zero-order valence-electron chi connectivity index (χ0n) is 10.1. The average Bonchev–Trinajstić information content (AvgIpc) is 2.09. The van der Waals surface area contributed by atoms with Gasteiger partial charge in [-0.1, -0.05) is 8.67 Å². The Morgan fingerprint density at radius 3 is 1.18 bits per heavy atom. The molecule has 0 spiro atoms. The minimum absolute atomic E-state index is 0. The summed E-state index contributed by atoms with van der Waals surface area (Å²) in [6.07, 6.45) is 0. The van der Waals surface area contributed by atoms with Crippen LogP contribution in [-0.2, 0) is 47.9 Å². The summed E-state index contributed by atoms with van der Waals surface area (Å²) in [5.41, 5.74) is 0. The van der Waals surface area contributed by atoms with Gasteiger partial charge in [0, 0.05) is 0 Å². The molecule has 22 heteroatoms. The third-order valence-electron chi connectivity index (χ3n) is 0.424. The molecule has 0 aliphatic heterocycles. The largest absolute Gasteiger partial charge is 1.00 e. The molecular formula is H8KNO16P2S2. The number of hydrogen-bond donors (Lipinski definition) is 6. The Hall–Kier alpha value is 1.56. The molecule has 0 saturated carbocycles. The Bertz CT molecular complexity index is 522. The maximum absolute atomic E-state index is 9.65. The smallest absolute Gasteiger partial charge is 0.755 e. The summed E-state index contributed by atoms with van der Waals surface area (Å²) in [5.74, 6) is 0. The Labute approximate surface area is 165 Å². The molecule has 0 amide bonds. The quantitative estimate of drug-likeness (QED) is 0.0731. The van der Waals surface area contributed by atoms with Crippen molar-refractivity contribution in [3.8, 4) is 0 Å². The maximum Gasteiger partial charge on any atom is 1.00 e. The van der Waals surface area contributed by atoms with Gasteiger partial charge >= 0.3 is 80.0 Å². The van der Waals surface area contributed by atoms with Crippen LogP contribution in [0.25, 0.3) is 0 Å². The van der Waals surface area contributed by atoms with Crippen molar-refractivity contribution < 1.29 is 124 Å². The van der Waals surface area contributed by atoms with Crippen molar-refractivity contribution in [2.24, 2.45) is 0 Å². The van der Waals surface area contributed by atoms with Gasteiger partial charge in [-0.05, 0) is 0 Å². The fraction of sp³-hybridized carbons (Fsp3) is 0. The summed E-state index contributed by atoms with van der Waals surface area (Å²) in [5, 5.41) is 0. The van der Waals surface area contributed by atoms with Crippen LogP contribution in [0.2, 0.25) is 0 Å². The predicted molar refractivity (Wildman–Crippen MR) is 54.3 cm³/mol. The summed E-state index contributed by atoms with van der Waals surface area (Å²) < 4.78 is 83.9. The van der Waals surface area contributed by atoms with Crippen LogP contribution >= 0.6 is 15.6 Å². The minimum Gasteiger partial charge on any atom is -0.755 e. The van der Waals surface area contributed by atoms with Gasteiger partial charge < -0.3 is 25.7 Å². The first-order valence-electron chi connectivity index (χ1n) is 3.21. The van der Waals surface area contributed by atoms with Crippen LogP contribution in [0.3, 0.4) is 0 Å². The number of hydrogen-bond acceptors (Lipinski definition) is 12. The molecule has 0 radical (unpaired) electrons. The first kappa shape index (κ1) is 31.3. The second-order valence-electron chi connectivity index (χ2n) is 2.10. The summed E-state index contributed by atoms with van der Waals surface area (Å²) in [7, 11) is -20.3. The molecule has 132 valence electrons. The Morgan fingerprint density at radius 2 is 1.09 bits per heavy atom. The Balaban J connectivity index is -0.000000135. The van der Waals surface area contributed by atoms with Crippen molar-refractivity contribution in [1.29, 1.82) is 0 Å². The van der Waals surface area contributed by atoms with Crippen molar-refractivity contribution in [3.05, 3.63) is 0 Å². The van der Waals surface area contributed by atoms with E-state index >= 15 is 0 Å². The molecule has 0 aromatic heterocycles. The summed E-state index contributed by atoms with van der Waals surface area (Å²) in [6, 6.07) is 0. The molecule has 1 atom stereocenters. The van der Waals surface area contributed by atoms with Crippen molar-refractivity contribution in [2.45, 2.75) is 0 Å². The average molecular weight is 443 g/mol. The standard InChI is InChI=1S/K.H3N.H4O8P2.H2O8S2/c;;2*1-9(2,3)7-8-10(4,5)6/h;1H3;(H2,1,2,3)(H2,4,5,6);(H,1,2,3)(H,4,5,6)/q+1;;;/p-1. The van der Waals surface area contributed by atoms with Crippen molar-refractivity contribution in [3.63, 3.8) is 0 Å². The van der Waals surface area contributed by atoms with Gasteiger partial charge in [0.05, 0.1) is 0 Å². The molecule has 0 aromatic carbocycles. The fourth-order valence-corrected chi connectivity index (χ4v) is 1.40. The van der Waals surface area contributed by atoms with Crippen LogP contribution in [0, 0.1) is 0 Å². The second-order valence-corrected chi connectivity index (χ2v) is 6.30. The van der Waals surface area contributed by atoms with Gasteiger partial charge in [-0.15, -0.1) is 4.67 Å². The fourth-order valence-electron chi connectivity index (χ4n) is 0.156. The van der Waals surface area contributed by atoms with Crippen LogP contribution < -0.4 is 62.4 Å². The van der Waals surface area contributed by atoms with Crippen molar-refractivity contribution in [2.75, 3.05) is 0 Å². The molecule has 0 aliphatic rings. The van der Waals surface area contributed by atoms with Gasteiger partial charge in [0.2, 0.25) is 0 Å². The van der Waals surface area contributed by atoms with E-state index in [-0.39, 0.29) is 57.5 Å². The molecule has 8 N–H and O–H groups in total. The van der Waals surface area contributed by atoms with Gasteiger partial charge in [-0.25, -0.2) is 4.57 Å². The van der Waals surface area contributed by atoms with E-state index in [1.54, 1.807) is 0 Å². The van der Waals surface area contributed by atoms with Crippen molar-refractivity contribution in [1.82, 2.24) is 6.15 Å². The summed E-state index contributed by atoms with van der Waals surface area (Å²) >= 11 is 0. The van der Waals surface area contributed by atoms with E-state index in [0.717, 1.165) is 0 Å². The molecule has 0 aliphatic carbocycles. The van der Waals surface area contributed by atoms with E-state index in [2.05, 4.69) is 18.0 Å². The monoisotopic (exact) mass is 443 g/mol. The van der Waals surface area contributed by atoms with Gasteiger partial charge in [0.1, 0.15) is 0 Å². The zero-order valence-corrected chi connectivity index (χ0v) is 16.7. The first-order chi connectivity index (χ1) is 8.41. The Kier molecular flexibility index (Phi) is 17.1. The van der Waals surface area contributed by atoms with E-state index in [4.69, 9.17) is 23.8 Å². The number of phosphoric acid groups is 2. The van der Waals surface area contributed by atoms with Crippen LogP contribution in [0.5, 0.6) is 0 Å². The molecule has 17 nitrogen and oxygen atoms in total. The summed E-state index contributed by atoms with van der Waals surface area (Å²) in [4.78, 5) is 32.8. The zero-order chi connectivity index (χ0) is 16.8. The van der Waals surface area contributed by atoms with E-state index < -0.39 is 36.4 Å². The van der Waals surface area contributed by atoms with Crippen LogP contribution in [0.1, 0.15) is 0 Å². The third kappa shape index (κ3) is 37.6. The molecule has 0 saturated heterocycles. The Morgan fingerprint density at radius 1 is 0.818 bits per heavy atom. The third-order valence-corrected chi connectivity index (χ3v) is 1.64. The topological polar surface area (TPSA) is 299 Å². The van der Waals surface area contributed by atoms with E-state index in [1.165, 1.54) is 0 Å². The van der Waals surface area contributed by atoms with Gasteiger partial charge in [0.15, 0.2) is 0 Å². The summed E-state index contributed by atoms with van der Waals surface area (Å²) in [6.45, 7) is 0. The maximum atomic E-state index is 9.65. The molecule has 0 heterocycles. The molecule has 0 bridgehead atoms. The molecule has 1 unspecified atom stereocenters. The first-order valence-corrected chi connectivity index (χ1v) is 8.97. The van der Waals surface area contributed by atoms with Crippen molar-refractivity contribution >= 4 is 36.4 Å². The van der Waals surface area contributed by atoms with E-state index in [0.29, 0.717) is 0 Å². The van der Waals surface area contributed by atoms with Crippen LogP contribution in [0.4, 0.5) is 0 Å². The van der Waals surface area contributed by atoms with Gasteiger partial charge in [-0.2, -0.15) is 21.5 Å². The van der Waals surface area contributed by atoms with E-state index in [1.807, 2.05) is 0 Å². The van der Waals surface area contributed by atoms with Gasteiger partial charge in [0.25, 0.3) is 7.82 Å². The number of rotatable bonds is 6. The second kappa shape index (κ2) is 12.0. The minimum atomic E-state index is -5.23. The molecule has 0 rings (SSSR count). The normalized spacial score (nSPS) is 14.5. The molecule has 22 heavy (non-hydrogen) atoms. The SMILES string of the molecule is N.O=P([O-])(O)OOP(=O)(O)O.O=S(=O)(O)OOS(=O)(=O)O.[K+]. The van der Waals surface area contributed by atoms with Crippen LogP contribution in [-0.4, -0.2) is 40.6 Å². The van der Waals surface area contributed by atoms with Gasteiger partial charge in [-0.3, -0.25) is 13.7 Å². The van der Waals surface area contributed by atoms with Crippen LogP contribution in [0.15, 0.2) is 0 Å². The molecular weight excluding hydrogens is 435 g/mol. The molecule has 0 aromatic rings.